The first-order chi connectivity index (χ1) is 15.4. The zero-order valence-electron chi connectivity index (χ0n) is 18.2. The Morgan fingerprint density at radius 2 is 2.03 bits per heavy atom. The standard InChI is InChI=1S/C24H25N3O4S/c1-14-4-6-18(10-15(14)2)31-12-23(29)27-24-26-21(13-32-24)17-5-7-22-19(11-17)20(8-9-30-22)25-16(3)28/h4-7,10-11,13,20H,8-9,12H2,1-3H3,(H,25,28)(H,26,27,29). The summed E-state index contributed by atoms with van der Waals surface area (Å²) in [5, 5.41) is 8.15. The van der Waals surface area contributed by atoms with Crippen LogP contribution in [0.2, 0.25) is 0 Å². The highest BCUT2D eigenvalue weighted by Gasteiger charge is 2.23. The average molecular weight is 452 g/mol. The molecule has 0 radical (unpaired) electrons. The van der Waals surface area contributed by atoms with Crippen LogP contribution in [0.25, 0.3) is 11.3 Å². The van der Waals surface area contributed by atoms with Gasteiger partial charge in [0.25, 0.3) is 5.91 Å². The van der Waals surface area contributed by atoms with Crippen molar-refractivity contribution in [2.45, 2.75) is 33.2 Å². The monoisotopic (exact) mass is 451 g/mol. The number of aryl methyl sites for hydroxylation is 2. The second-order valence-corrected chi connectivity index (χ2v) is 8.62. The molecule has 3 aromatic rings. The van der Waals surface area contributed by atoms with Gasteiger partial charge in [0.15, 0.2) is 11.7 Å². The number of anilines is 1. The summed E-state index contributed by atoms with van der Waals surface area (Å²) in [7, 11) is 0. The zero-order valence-corrected chi connectivity index (χ0v) is 19.0. The molecule has 1 aromatic heterocycles. The number of fused-ring (bicyclic) bond motifs is 1. The van der Waals surface area contributed by atoms with Gasteiger partial charge in [-0.1, -0.05) is 6.07 Å². The molecule has 0 saturated heterocycles. The normalized spacial score (nSPS) is 14.8. The van der Waals surface area contributed by atoms with Crippen LogP contribution in [0.3, 0.4) is 0 Å². The minimum Gasteiger partial charge on any atom is -0.493 e. The number of nitrogens with zero attached hydrogens (tertiary/aromatic N) is 1. The van der Waals surface area contributed by atoms with Crippen molar-refractivity contribution >= 4 is 28.3 Å². The quantitative estimate of drug-likeness (QED) is 0.580. The molecule has 0 aliphatic carbocycles. The third-order valence-electron chi connectivity index (χ3n) is 5.32. The van der Waals surface area contributed by atoms with E-state index in [0.717, 1.165) is 34.6 Å². The maximum absolute atomic E-state index is 12.3. The first kappa shape index (κ1) is 21.8. The van der Waals surface area contributed by atoms with E-state index in [9.17, 15) is 9.59 Å². The fourth-order valence-electron chi connectivity index (χ4n) is 3.52. The molecular weight excluding hydrogens is 426 g/mol. The van der Waals surface area contributed by atoms with Crippen LogP contribution in [0.1, 0.15) is 36.1 Å². The molecule has 2 N–H and O–H groups in total. The average Bonchev–Trinajstić information content (AvgIpc) is 3.22. The number of hydrogen-bond donors (Lipinski definition) is 2. The number of aromatic nitrogens is 1. The third kappa shape index (κ3) is 5.08. The van der Waals surface area contributed by atoms with E-state index in [2.05, 4.69) is 15.6 Å². The van der Waals surface area contributed by atoms with Crippen molar-refractivity contribution in [1.82, 2.24) is 10.3 Å². The lowest BCUT2D eigenvalue weighted by Crippen LogP contribution is -2.30. The Morgan fingerprint density at radius 1 is 1.19 bits per heavy atom. The van der Waals surface area contributed by atoms with Gasteiger partial charge in [0, 0.05) is 29.9 Å². The summed E-state index contributed by atoms with van der Waals surface area (Å²) >= 11 is 1.35. The lowest BCUT2D eigenvalue weighted by Gasteiger charge is -2.26. The number of amides is 2. The van der Waals surface area contributed by atoms with Crippen molar-refractivity contribution in [1.29, 1.82) is 0 Å². The van der Waals surface area contributed by atoms with E-state index < -0.39 is 0 Å². The highest BCUT2D eigenvalue weighted by atomic mass is 32.1. The van der Waals surface area contributed by atoms with Crippen LogP contribution in [0.5, 0.6) is 11.5 Å². The van der Waals surface area contributed by atoms with Gasteiger partial charge in [-0.05, 0) is 55.3 Å². The lowest BCUT2D eigenvalue weighted by molar-refractivity contribution is -0.120. The molecule has 2 heterocycles. The van der Waals surface area contributed by atoms with E-state index in [1.165, 1.54) is 23.8 Å². The molecule has 2 aromatic carbocycles. The van der Waals surface area contributed by atoms with Crippen LogP contribution in [-0.2, 0) is 9.59 Å². The van der Waals surface area contributed by atoms with Gasteiger partial charge in [-0.15, -0.1) is 11.3 Å². The molecule has 166 valence electrons. The van der Waals surface area contributed by atoms with Crippen molar-refractivity contribution in [2.75, 3.05) is 18.5 Å². The summed E-state index contributed by atoms with van der Waals surface area (Å²) < 4.78 is 11.3. The molecular formula is C24H25N3O4S. The predicted octanol–water partition coefficient (Wildman–Crippen LogP) is 4.40. The van der Waals surface area contributed by atoms with Crippen LogP contribution in [-0.4, -0.2) is 30.0 Å². The first-order valence-electron chi connectivity index (χ1n) is 10.4. The van der Waals surface area contributed by atoms with Gasteiger partial charge in [0.05, 0.1) is 18.3 Å². The summed E-state index contributed by atoms with van der Waals surface area (Å²) in [4.78, 5) is 28.4. The van der Waals surface area contributed by atoms with E-state index in [1.807, 2.05) is 55.6 Å². The van der Waals surface area contributed by atoms with Crippen molar-refractivity contribution in [2.24, 2.45) is 0 Å². The largest absolute Gasteiger partial charge is 0.493 e. The Bertz CT molecular complexity index is 1160. The molecule has 0 bridgehead atoms. The molecule has 0 spiro atoms. The van der Waals surface area contributed by atoms with Crippen LogP contribution in [0.15, 0.2) is 41.8 Å². The summed E-state index contributed by atoms with van der Waals surface area (Å²) in [5.74, 6) is 1.09. The summed E-state index contributed by atoms with van der Waals surface area (Å²) in [6.45, 7) is 6.02. The molecule has 8 heteroatoms. The molecule has 1 aliphatic heterocycles. The Labute approximate surface area is 190 Å². The highest BCUT2D eigenvalue weighted by Crippen LogP contribution is 2.36. The maximum Gasteiger partial charge on any atom is 0.264 e. The van der Waals surface area contributed by atoms with E-state index in [4.69, 9.17) is 9.47 Å². The molecule has 1 aliphatic rings. The molecule has 1 unspecified atom stereocenters. The van der Waals surface area contributed by atoms with Gasteiger partial charge in [-0.25, -0.2) is 4.98 Å². The van der Waals surface area contributed by atoms with Crippen LogP contribution in [0.4, 0.5) is 5.13 Å². The minimum atomic E-state index is -0.270. The second kappa shape index (κ2) is 9.40. The smallest absolute Gasteiger partial charge is 0.264 e. The molecule has 7 nitrogen and oxygen atoms in total. The molecule has 0 fully saturated rings. The Balaban J connectivity index is 1.41. The molecule has 1 atom stereocenters. The van der Waals surface area contributed by atoms with Gasteiger partial charge in [-0.3, -0.25) is 14.9 Å². The SMILES string of the molecule is CC(=O)NC1CCOc2ccc(-c3csc(NC(=O)COc4ccc(C)c(C)c4)n3)cc21. The first-order valence-corrected chi connectivity index (χ1v) is 11.3. The predicted molar refractivity (Wildman–Crippen MR) is 124 cm³/mol. The van der Waals surface area contributed by atoms with Crippen LogP contribution in [0, 0.1) is 13.8 Å². The van der Waals surface area contributed by atoms with Crippen LogP contribution >= 0.6 is 11.3 Å². The summed E-state index contributed by atoms with van der Waals surface area (Å²) in [5.41, 5.74) is 4.87. The minimum absolute atomic E-state index is 0.0741. The Kier molecular flexibility index (Phi) is 6.41. The fourth-order valence-corrected chi connectivity index (χ4v) is 4.26. The molecule has 32 heavy (non-hydrogen) atoms. The highest BCUT2D eigenvalue weighted by molar-refractivity contribution is 7.14. The number of nitrogens with one attached hydrogen (secondary N) is 2. The van der Waals surface area contributed by atoms with Gasteiger partial charge < -0.3 is 14.8 Å². The van der Waals surface area contributed by atoms with Crippen LogP contribution < -0.4 is 20.1 Å². The van der Waals surface area contributed by atoms with Gasteiger partial charge in [0.1, 0.15) is 11.5 Å². The maximum atomic E-state index is 12.3. The second-order valence-electron chi connectivity index (χ2n) is 7.76. The number of rotatable bonds is 6. The van der Waals surface area contributed by atoms with Crippen molar-refractivity contribution in [3.63, 3.8) is 0 Å². The van der Waals surface area contributed by atoms with Crippen molar-refractivity contribution < 1.29 is 19.1 Å². The number of ether oxygens (including phenoxy) is 2. The Morgan fingerprint density at radius 3 is 2.81 bits per heavy atom. The van der Waals surface area contributed by atoms with Gasteiger partial charge in [-0.2, -0.15) is 0 Å². The number of benzene rings is 2. The van der Waals surface area contributed by atoms with E-state index in [1.54, 1.807) is 0 Å². The topological polar surface area (TPSA) is 89.6 Å². The molecule has 0 saturated carbocycles. The van der Waals surface area contributed by atoms with E-state index in [-0.39, 0.29) is 24.5 Å². The number of carbonyl (C=O) groups is 2. The fraction of sp³-hybridized carbons (Fsp3) is 0.292. The zero-order chi connectivity index (χ0) is 22.7. The number of hydrogen-bond acceptors (Lipinski definition) is 6. The van der Waals surface area contributed by atoms with Crippen molar-refractivity contribution in [3.8, 4) is 22.8 Å². The van der Waals surface area contributed by atoms with E-state index in [0.29, 0.717) is 17.5 Å². The van der Waals surface area contributed by atoms with Gasteiger partial charge >= 0.3 is 0 Å². The molecule has 2 amide bonds. The third-order valence-corrected chi connectivity index (χ3v) is 6.08. The van der Waals surface area contributed by atoms with E-state index >= 15 is 0 Å². The summed E-state index contributed by atoms with van der Waals surface area (Å²) in [6.07, 6.45) is 0.717. The Hall–Kier alpha value is -3.39. The lowest BCUT2D eigenvalue weighted by atomic mass is 9.97. The van der Waals surface area contributed by atoms with Gasteiger partial charge in [0.2, 0.25) is 5.91 Å². The summed E-state index contributed by atoms with van der Waals surface area (Å²) in [6, 6.07) is 11.5. The number of carbonyl (C=O) groups excluding carboxylic acids is 2. The van der Waals surface area contributed by atoms with Crippen molar-refractivity contribution in [3.05, 3.63) is 58.5 Å². The number of thiazole rings is 1. The molecule has 4 rings (SSSR count).